The van der Waals surface area contributed by atoms with Gasteiger partial charge in [-0.3, -0.25) is 0 Å². The molecule has 2 N–H and O–H groups in total. The molecule has 1 aromatic carbocycles. The second kappa shape index (κ2) is 3.95. The van der Waals surface area contributed by atoms with Crippen LogP contribution in [-0.4, -0.2) is 21.0 Å². The van der Waals surface area contributed by atoms with Crippen LogP contribution >= 0.6 is 0 Å². The molecular formula is C10H13NO4S. The highest BCUT2D eigenvalue weighted by Gasteiger charge is 2.26. The maximum absolute atomic E-state index is 11.9. The van der Waals surface area contributed by atoms with Gasteiger partial charge in [0, 0.05) is 6.54 Å². The lowest BCUT2D eigenvalue weighted by molar-refractivity contribution is 0.172. The van der Waals surface area contributed by atoms with E-state index in [1.807, 2.05) is 0 Å². The second-order valence-corrected chi connectivity index (χ2v) is 5.68. The van der Waals surface area contributed by atoms with Crippen LogP contribution in [0.25, 0.3) is 0 Å². The Labute approximate surface area is 94.1 Å². The first kappa shape index (κ1) is 11.2. The van der Waals surface area contributed by atoms with Gasteiger partial charge in [0.15, 0.2) is 21.3 Å². The van der Waals surface area contributed by atoms with Crippen LogP contribution in [0.2, 0.25) is 0 Å². The molecule has 6 heteroatoms. The third kappa shape index (κ3) is 1.74. The van der Waals surface area contributed by atoms with Crippen molar-refractivity contribution in [3.63, 3.8) is 0 Å². The molecule has 1 heterocycles. The van der Waals surface area contributed by atoms with Crippen molar-refractivity contribution in [2.75, 3.05) is 12.5 Å². The molecule has 0 bridgehead atoms. The Morgan fingerprint density at radius 1 is 1.38 bits per heavy atom. The highest BCUT2D eigenvalue weighted by atomic mass is 32.2. The molecule has 1 aliphatic rings. The molecule has 0 atom stereocenters. The summed E-state index contributed by atoms with van der Waals surface area (Å²) in [5.41, 5.74) is 6.23. The van der Waals surface area contributed by atoms with Gasteiger partial charge in [0.05, 0.1) is 5.75 Å². The Hall–Kier alpha value is -1.27. The van der Waals surface area contributed by atoms with Crippen molar-refractivity contribution in [1.82, 2.24) is 0 Å². The van der Waals surface area contributed by atoms with E-state index in [9.17, 15) is 8.42 Å². The summed E-state index contributed by atoms with van der Waals surface area (Å²) in [4.78, 5) is 0.172. The van der Waals surface area contributed by atoms with Gasteiger partial charge in [-0.2, -0.15) is 0 Å². The molecule has 0 saturated heterocycles. The lowest BCUT2D eigenvalue weighted by atomic mass is 10.2. The quantitative estimate of drug-likeness (QED) is 0.844. The van der Waals surface area contributed by atoms with Crippen LogP contribution in [0.3, 0.4) is 0 Å². The molecule has 2 rings (SSSR count). The van der Waals surface area contributed by atoms with Gasteiger partial charge in [-0.15, -0.1) is 0 Å². The van der Waals surface area contributed by atoms with E-state index in [0.29, 0.717) is 11.5 Å². The summed E-state index contributed by atoms with van der Waals surface area (Å²) in [6, 6.07) is 3.25. The van der Waals surface area contributed by atoms with E-state index >= 15 is 0 Å². The van der Waals surface area contributed by atoms with Crippen molar-refractivity contribution in [2.24, 2.45) is 5.73 Å². The number of benzene rings is 1. The van der Waals surface area contributed by atoms with E-state index in [-0.39, 0.29) is 24.0 Å². The predicted octanol–water partition coefficient (Wildman–Crippen LogP) is 0.668. The highest BCUT2D eigenvalue weighted by Crippen LogP contribution is 2.39. The second-order valence-electron chi connectivity index (χ2n) is 3.44. The summed E-state index contributed by atoms with van der Waals surface area (Å²) in [7, 11) is -3.32. The average molecular weight is 243 g/mol. The lowest BCUT2D eigenvalue weighted by Crippen LogP contribution is -2.07. The number of nitrogens with two attached hydrogens (primary N) is 1. The van der Waals surface area contributed by atoms with E-state index in [4.69, 9.17) is 15.2 Å². The molecule has 0 radical (unpaired) electrons. The fraction of sp³-hybridized carbons (Fsp3) is 0.400. The summed E-state index contributed by atoms with van der Waals surface area (Å²) in [6.45, 7) is 1.91. The molecule has 0 amide bonds. The predicted molar refractivity (Wildman–Crippen MR) is 58.2 cm³/mol. The molecule has 1 aromatic rings. The van der Waals surface area contributed by atoms with Crippen LogP contribution < -0.4 is 15.2 Å². The van der Waals surface area contributed by atoms with Crippen molar-refractivity contribution in [2.45, 2.75) is 18.4 Å². The van der Waals surface area contributed by atoms with Crippen LogP contribution in [0.1, 0.15) is 12.5 Å². The number of hydrogen-bond donors (Lipinski definition) is 1. The van der Waals surface area contributed by atoms with Crippen molar-refractivity contribution in [1.29, 1.82) is 0 Å². The largest absolute Gasteiger partial charge is 0.454 e. The SMILES string of the molecule is CCS(=O)(=O)c1cc(CN)cc2c1OCO2. The summed E-state index contributed by atoms with van der Waals surface area (Å²) in [6.07, 6.45) is 0. The number of rotatable bonds is 3. The zero-order chi connectivity index (χ0) is 11.8. The summed E-state index contributed by atoms with van der Waals surface area (Å²) < 4.78 is 34.1. The summed E-state index contributed by atoms with van der Waals surface area (Å²) in [5.74, 6) is 0.783. The standard InChI is InChI=1S/C10H13NO4S/c1-2-16(12,13)9-4-7(5-11)3-8-10(9)15-6-14-8/h3-4H,2,5-6,11H2,1H3. The van der Waals surface area contributed by atoms with Crippen LogP contribution in [0.5, 0.6) is 11.5 Å². The molecule has 1 aliphatic heterocycles. The third-order valence-electron chi connectivity index (χ3n) is 2.45. The Morgan fingerprint density at radius 3 is 2.75 bits per heavy atom. The van der Waals surface area contributed by atoms with Gasteiger partial charge in [0.1, 0.15) is 4.90 Å². The van der Waals surface area contributed by atoms with Crippen molar-refractivity contribution in [3.05, 3.63) is 17.7 Å². The van der Waals surface area contributed by atoms with Crippen LogP contribution in [0.15, 0.2) is 17.0 Å². The summed E-state index contributed by atoms with van der Waals surface area (Å²) >= 11 is 0. The third-order valence-corrected chi connectivity index (χ3v) is 4.18. The first-order valence-electron chi connectivity index (χ1n) is 4.94. The van der Waals surface area contributed by atoms with E-state index in [0.717, 1.165) is 5.56 Å². The van der Waals surface area contributed by atoms with Crippen LogP contribution in [0.4, 0.5) is 0 Å². The molecule has 16 heavy (non-hydrogen) atoms. The molecule has 5 nitrogen and oxygen atoms in total. The van der Waals surface area contributed by atoms with Crippen LogP contribution in [0, 0.1) is 0 Å². The van der Waals surface area contributed by atoms with E-state index in [2.05, 4.69) is 0 Å². The van der Waals surface area contributed by atoms with Crippen LogP contribution in [-0.2, 0) is 16.4 Å². The molecule has 0 fully saturated rings. The normalized spacial score (nSPS) is 14.1. The van der Waals surface area contributed by atoms with Gasteiger partial charge >= 0.3 is 0 Å². The van der Waals surface area contributed by atoms with Gasteiger partial charge in [-0.1, -0.05) is 6.92 Å². The van der Waals surface area contributed by atoms with E-state index < -0.39 is 9.84 Å². The minimum Gasteiger partial charge on any atom is -0.454 e. The number of hydrogen-bond acceptors (Lipinski definition) is 5. The fourth-order valence-corrected chi connectivity index (χ4v) is 2.62. The number of fused-ring (bicyclic) bond motifs is 1. The number of sulfone groups is 1. The Kier molecular flexibility index (Phi) is 2.77. The highest BCUT2D eigenvalue weighted by molar-refractivity contribution is 7.91. The zero-order valence-electron chi connectivity index (χ0n) is 8.89. The van der Waals surface area contributed by atoms with Gasteiger partial charge in [0.2, 0.25) is 6.79 Å². The maximum Gasteiger partial charge on any atom is 0.231 e. The lowest BCUT2D eigenvalue weighted by Gasteiger charge is -2.07. The molecule has 0 spiro atoms. The van der Waals surface area contributed by atoms with Crippen molar-refractivity contribution in [3.8, 4) is 11.5 Å². The topological polar surface area (TPSA) is 78.6 Å². The minimum absolute atomic E-state index is 0.0246. The first-order valence-corrected chi connectivity index (χ1v) is 6.59. The number of ether oxygens (including phenoxy) is 2. The summed E-state index contributed by atoms with van der Waals surface area (Å²) in [5, 5.41) is 0. The maximum atomic E-state index is 11.9. The molecule has 0 unspecified atom stereocenters. The smallest absolute Gasteiger partial charge is 0.231 e. The van der Waals surface area contributed by atoms with Gasteiger partial charge in [0.25, 0.3) is 0 Å². The Balaban J connectivity index is 2.65. The van der Waals surface area contributed by atoms with Gasteiger partial charge < -0.3 is 15.2 Å². The van der Waals surface area contributed by atoms with Gasteiger partial charge in [-0.05, 0) is 17.7 Å². The van der Waals surface area contributed by atoms with Crippen molar-refractivity contribution < 1.29 is 17.9 Å². The molecule has 0 aromatic heterocycles. The first-order chi connectivity index (χ1) is 7.58. The fourth-order valence-electron chi connectivity index (χ4n) is 1.54. The zero-order valence-corrected chi connectivity index (χ0v) is 9.71. The monoisotopic (exact) mass is 243 g/mol. The van der Waals surface area contributed by atoms with E-state index in [1.54, 1.807) is 19.1 Å². The van der Waals surface area contributed by atoms with Crippen molar-refractivity contribution >= 4 is 9.84 Å². The molecule has 0 saturated carbocycles. The molecule has 0 aliphatic carbocycles. The Bertz CT molecular complexity index is 510. The molecule has 88 valence electrons. The Morgan fingerprint density at radius 2 is 2.12 bits per heavy atom. The average Bonchev–Trinajstić information content (AvgIpc) is 2.75. The minimum atomic E-state index is -3.32. The molecular weight excluding hydrogens is 230 g/mol. The van der Waals surface area contributed by atoms with E-state index in [1.165, 1.54) is 0 Å². The van der Waals surface area contributed by atoms with Gasteiger partial charge in [-0.25, -0.2) is 8.42 Å².